The van der Waals surface area contributed by atoms with Crippen molar-refractivity contribution in [1.29, 1.82) is 0 Å². The molecule has 1 aliphatic carbocycles. The van der Waals surface area contributed by atoms with Gasteiger partial charge in [0.1, 0.15) is 5.69 Å². The van der Waals surface area contributed by atoms with E-state index < -0.39 is 0 Å². The van der Waals surface area contributed by atoms with Gasteiger partial charge in [0.05, 0.1) is 0 Å². The van der Waals surface area contributed by atoms with Crippen LogP contribution in [0.3, 0.4) is 0 Å². The molecule has 1 aromatic carbocycles. The van der Waals surface area contributed by atoms with Crippen molar-refractivity contribution in [3.8, 4) is 0 Å². The summed E-state index contributed by atoms with van der Waals surface area (Å²) in [7, 11) is 0. The molecule has 0 spiro atoms. The zero-order valence-electron chi connectivity index (χ0n) is 14.4. The van der Waals surface area contributed by atoms with Crippen LogP contribution in [0.5, 0.6) is 0 Å². The van der Waals surface area contributed by atoms with Crippen molar-refractivity contribution < 1.29 is 4.79 Å². The highest BCUT2D eigenvalue weighted by atomic mass is 16.1. The lowest BCUT2D eigenvalue weighted by molar-refractivity contribution is 0.102. The average molecular weight is 323 g/mol. The lowest BCUT2D eigenvalue weighted by Crippen LogP contribution is -2.17. The second kappa shape index (κ2) is 7.47. The van der Waals surface area contributed by atoms with Crippen molar-refractivity contribution >= 4 is 17.3 Å². The third-order valence-electron chi connectivity index (χ3n) is 4.55. The molecule has 0 radical (unpaired) electrons. The monoisotopic (exact) mass is 323 g/mol. The lowest BCUT2D eigenvalue weighted by atomic mass is 10.0. The van der Waals surface area contributed by atoms with Crippen LogP contribution >= 0.6 is 0 Å². The minimum absolute atomic E-state index is 0.168. The average Bonchev–Trinajstić information content (AvgIpc) is 3.08. The fraction of sp³-hybridized carbons (Fsp3) is 0.400. The van der Waals surface area contributed by atoms with Gasteiger partial charge in [-0.15, -0.1) is 0 Å². The molecule has 4 nitrogen and oxygen atoms in total. The Balaban J connectivity index is 1.73. The first kappa shape index (κ1) is 16.5. The number of pyridine rings is 1. The summed E-state index contributed by atoms with van der Waals surface area (Å²) in [5, 5.41) is 6.51. The van der Waals surface area contributed by atoms with Gasteiger partial charge in [0, 0.05) is 23.6 Å². The number of amides is 1. The fourth-order valence-electron chi connectivity index (χ4n) is 3.25. The van der Waals surface area contributed by atoms with Gasteiger partial charge in [-0.05, 0) is 42.5 Å². The number of nitrogens with zero attached hydrogens (tertiary/aromatic N) is 1. The minimum atomic E-state index is -0.168. The second-order valence-electron chi connectivity index (χ2n) is 6.75. The molecule has 0 bridgehead atoms. The van der Waals surface area contributed by atoms with Crippen LogP contribution in [0.25, 0.3) is 0 Å². The number of anilines is 2. The highest BCUT2D eigenvalue weighted by Crippen LogP contribution is 2.25. The van der Waals surface area contributed by atoms with Crippen molar-refractivity contribution in [2.24, 2.45) is 0 Å². The van der Waals surface area contributed by atoms with Crippen LogP contribution in [0, 0.1) is 0 Å². The summed E-state index contributed by atoms with van der Waals surface area (Å²) in [4.78, 5) is 16.8. The first-order chi connectivity index (χ1) is 11.6. The Bertz CT molecular complexity index is 706. The van der Waals surface area contributed by atoms with E-state index in [0.29, 0.717) is 17.7 Å². The molecule has 24 heavy (non-hydrogen) atoms. The predicted octanol–water partition coefficient (Wildman–Crippen LogP) is 4.81. The van der Waals surface area contributed by atoms with E-state index >= 15 is 0 Å². The Morgan fingerprint density at radius 2 is 1.92 bits per heavy atom. The number of rotatable bonds is 5. The Hall–Kier alpha value is -2.36. The molecule has 1 fully saturated rings. The van der Waals surface area contributed by atoms with Crippen LogP contribution in [-0.4, -0.2) is 16.9 Å². The Kier molecular flexibility index (Phi) is 5.14. The molecule has 126 valence electrons. The number of aromatic nitrogens is 1. The zero-order chi connectivity index (χ0) is 16.9. The summed E-state index contributed by atoms with van der Waals surface area (Å²) in [6.45, 7) is 4.24. The van der Waals surface area contributed by atoms with Gasteiger partial charge in [-0.3, -0.25) is 9.78 Å². The number of para-hydroxylation sites is 1. The molecule has 3 rings (SSSR count). The summed E-state index contributed by atoms with van der Waals surface area (Å²) in [6, 6.07) is 12.2. The van der Waals surface area contributed by atoms with Crippen molar-refractivity contribution in [2.45, 2.75) is 51.5 Å². The highest BCUT2D eigenvalue weighted by Gasteiger charge is 2.16. The minimum Gasteiger partial charge on any atom is -0.382 e. The maximum absolute atomic E-state index is 12.6. The van der Waals surface area contributed by atoms with Gasteiger partial charge >= 0.3 is 0 Å². The SMILES string of the molecule is CC(C)c1ccccc1NC(=O)c1cc(NC2CCCC2)ccn1. The molecule has 1 saturated carbocycles. The molecular formula is C20H25N3O. The van der Waals surface area contributed by atoms with Crippen molar-refractivity contribution in [3.63, 3.8) is 0 Å². The van der Waals surface area contributed by atoms with Crippen LogP contribution in [0.1, 0.15) is 61.5 Å². The van der Waals surface area contributed by atoms with Gasteiger partial charge in [-0.2, -0.15) is 0 Å². The van der Waals surface area contributed by atoms with Crippen molar-refractivity contribution in [3.05, 3.63) is 53.9 Å². The smallest absolute Gasteiger partial charge is 0.274 e. The van der Waals surface area contributed by atoms with Gasteiger partial charge in [0.25, 0.3) is 5.91 Å². The molecule has 1 aliphatic rings. The lowest BCUT2D eigenvalue weighted by Gasteiger charge is -2.15. The van der Waals surface area contributed by atoms with Crippen LogP contribution in [0.15, 0.2) is 42.6 Å². The van der Waals surface area contributed by atoms with E-state index in [1.165, 1.54) is 25.7 Å². The summed E-state index contributed by atoms with van der Waals surface area (Å²) in [5.41, 5.74) is 3.40. The first-order valence-electron chi connectivity index (χ1n) is 8.76. The van der Waals surface area contributed by atoms with E-state index in [2.05, 4.69) is 29.5 Å². The third-order valence-corrected chi connectivity index (χ3v) is 4.55. The molecule has 2 N–H and O–H groups in total. The number of nitrogens with one attached hydrogen (secondary N) is 2. The molecule has 4 heteroatoms. The zero-order valence-corrected chi connectivity index (χ0v) is 14.4. The highest BCUT2D eigenvalue weighted by molar-refractivity contribution is 6.03. The molecule has 0 atom stereocenters. The number of hydrogen-bond donors (Lipinski definition) is 2. The van der Waals surface area contributed by atoms with Crippen molar-refractivity contribution in [1.82, 2.24) is 4.98 Å². The standard InChI is InChI=1S/C20H25N3O/c1-14(2)17-9-5-6-10-18(17)23-20(24)19-13-16(11-12-21-19)22-15-7-3-4-8-15/h5-6,9-15H,3-4,7-8H2,1-2H3,(H,21,22)(H,23,24). The summed E-state index contributed by atoms with van der Waals surface area (Å²) >= 11 is 0. The third kappa shape index (κ3) is 3.94. The largest absolute Gasteiger partial charge is 0.382 e. The van der Waals surface area contributed by atoms with E-state index in [1.54, 1.807) is 6.20 Å². The normalized spacial score (nSPS) is 14.8. The molecule has 1 heterocycles. The number of hydrogen-bond acceptors (Lipinski definition) is 3. The van der Waals surface area contributed by atoms with E-state index in [1.807, 2.05) is 36.4 Å². The van der Waals surface area contributed by atoms with Crippen LogP contribution in [0.4, 0.5) is 11.4 Å². The number of carbonyl (C=O) groups excluding carboxylic acids is 1. The fourth-order valence-corrected chi connectivity index (χ4v) is 3.25. The molecule has 1 aromatic heterocycles. The topological polar surface area (TPSA) is 54.0 Å². The molecular weight excluding hydrogens is 298 g/mol. The Labute approximate surface area is 143 Å². The predicted molar refractivity (Wildman–Crippen MR) is 98.6 cm³/mol. The Morgan fingerprint density at radius 1 is 1.17 bits per heavy atom. The van der Waals surface area contributed by atoms with Crippen LogP contribution in [-0.2, 0) is 0 Å². The van der Waals surface area contributed by atoms with Crippen molar-refractivity contribution in [2.75, 3.05) is 10.6 Å². The molecule has 0 unspecified atom stereocenters. The van der Waals surface area contributed by atoms with E-state index in [-0.39, 0.29) is 5.91 Å². The first-order valence-corrected chi connectivity index (χ1v) is 8.76. The number of benzene rings is 1. The van der Waals surface area contributed by atoms with Crippen LogP contribution < -0.4 is 10.6 Å². The maximum atomic E-state index is 12.6. The van der Waals surface area contributed by atoms with Gasteiger partial charge in [-0.1, -0.05) is 44.9 Å². The Morgan fingerprint density at radius 3 is 2.67 bits per heavy atom. The van der Waals surface area contributed by atoms with Gasteiger partial charge in [0.15, 0.2) is 0 Å². The van der Waals surface area contributed by atoms with Crippen LogP contribution in [0.2, 0.25) is 0 Å². The summed E-state index contributed by atoms with van der Waals surface area (Å²) in [5.74, 6) is 0.183. The summed E-state index contributed by atoms with van der Waals surface area (Å²) < 4.78 is 0. The quantitative estimate of drug-likeness (QED) is 0.830. The van der Waals surface area contributed by atoms with Gasteiger partial charge < -0.3 is 10.6 Å². The molecule has 0 saturated heterocycles. The van der Waals surface area contributed by atoms with E-state index in [0.717, 1.165) is 16.9 Å². The van der Waals surface area contributed by atoms with Gasteiger partial charge in [-0.25, -0.2) is 0 Å². The number of carbonyl (C=O) groups is 1. The molecule has 0 aliphatic heterocycles. The molecule has 2 aromatic rings. The summed E-state index contributed by atoms with van der Waals surface area (Å²) in [6.07, 6.45) is 6.65. The second-order valence-corrected chi connectivity index (χ2v) is 6.75. The van der Waals surface area contributed by atoms with E-state index in [9.17, 15) is 4.79 Å². The molecule has 1 amide bonds. The maximum Gasteiger partial charge on any atom is 0.274 e. The van der Waals surface area contributed by atoms with E-state index in [4.69, 9.17) is 0 Å². The van der Waals surface area contributed by atoms with Gasteiger partial charge in [0.2, 0.25) is 0 Å².